The fraction of sp³-hybridized carbons (Fsp3) is 0.417. The molecule has 3 atom stereocenters. The summed E-state index contributed by atoms with van der Waals surface area (Å²) in [5.74, 6) is -3.72. The van der Waals surface area contributed by atoms with Crippen molar-refractivity contribution in [3.63, 3.8) is 0 Å². The van der Waals surface area contributed by atoms with Gasteiger partial charge in [-0.1, -0.05) is 36.4 Å². The van der Waals surface area contributed by atoms with Crippen LogP contribution in [0.2, 0.25) is 0 Å². The quantitative estimate of drug-likeness (QED) is 0.369. The van der Waals surface area contributed by atoms with Gasteiger partial charge in [0.05, 0.1) is 18.3 Å². The SMILES string of the molecule is O=C(NC(c1ccccc1)c1ccc(C2CC2)c(F)n1)C1CC(F)CN1C(=O)Cn1nnnc1C(F)(F)F. The van der Waals surface area contributed by atoms with Gasteiger partial charge in [0.15, 0.2) is 0 Å². The van der Waals surface area contributed by atoms with E-state index in [0.717, 1.165) is 17.7 Å². The summed E-state index contributed by atoms with van der Waals surface area (Å²) in [6.45, 7) is -1.42. The van der Waals surface area contributed by atoms with Crippen molar-refractivity contribution in [1.82, 2.24) is 35.4 Å². The van der Waals surface area contributed by atoms with Crippen LogP contribution >= 0.6 is 0 Å². The highest BCUT2D eigenvalue weighted by Crippen LogP contribution is 2.41. The van der Waals surface area contributed by atoms with Gasteiger partial charge in [-0.25, -0.2) is 14.1 Å². The molecule has 1 aromatic carbocycles. The third kappa shape index (κ3) is 5.34. The first-order valence-corrected chi connectivity index (χ1v) is 11.9. The largest absolute Gasteiger partial charge is 0.453 e. The maximum atomic E-state index is 14.7. The Labute approximate surface area is 213 Å². The van der Waals surface area contributed by atoms with E-state index in [4.69, 9.17) is 0 Å². The first-order chi connectivity index (χ1) is 18.1. The van der Waals surface area contributed by atoms with Crippen molar-refractivity contribution in [2.45, 2.75) is 56.2 Å². The number of nitrogens with zero attached hydrogens (tertiary/aromatic N) is 6. The number of hydrogen-bond donors (Lipinski definition) is 1. The summed E-state index contributed by atoms with van der Waals surface area (Å²) in [4.78, 5) is 31.1. The molecule has 0 radical (unpaired) electrons. The summed E-state index contributed by atoms with van der Waals surface area (Å²) < 4.78 is 68.7. The number of nitrogens with one attached hydrogen (secondary N) is 1. The van der Waals surface area contributed by atoms with Gasteiger partial charge in [0.25, 0.3) is 5.82 Å². The van der Waals surface area contributed by atoms with E-state index in [0.29, 0.717) is 11.1 Å². The van der Waals surface area contributed by atoms with Gasteiger partial charge in [-0.05, 0) is 40.8 Å². The Kier molecular flexibility index (Phi) is 6.80. The van der Waals surface area contributed by atoms with E-state index in [1.54, 1.807) is 42.5 Å². The second-order valence-electron chi connectivity index (χ2n) is 9.30. The predicted octanol–water partition coefficient (Wildman–Crippen LogP) is 2.95. The fourth-order valence-corrected chi connectivity index (χ4v) is 4.57. The second kappa shape index (κ2) is 10.1. The van der Waals surface area contributed by atoms with E-state index in [9.17, 15) is 31.5 Å². The van der Waals surface area contributed by atoms with Crippen LogP contribution in [0, 0.1) is 5.95 Å². The lowest BCUT2D eigenvalue weighted by molar-refractivity contribution is -0.150. The van der Waals surface area contributed by atoms with E-state index in [1.807, 2.05) is 0 Å². The van der Waals surface area contributed by atoms with Crippen molar-refractivity contribution >= 4 is 11.8 Å². The minimum atomic E-state index is -4.91. The Bertz CT molecular complexity index is 1330. The van der Waals surface area contributed by atoms with Crippen molar-refractivity contribution in [1.29, 1.82) is 0 Å². The number of aromatic nitrogens is 5. The molecule has 1 saturated carbocycles. The van der Waals surface area contributed by atoms with Crippen molar-refractivity contribution < 1.29 is 31.5 Å². The smallest absolute Gasteiger partial charge is 0.342 e. The molecule has 2 aliphatic rings. The summed E-state index contributed by atoms with van der Waals surface area (Å²) in [6, 6.07) is 9.60. The normalized spacial score (nSPS) is 20.4. The van der Waals surface area contributed by atoms with Crippen LogP contribution in [-0.2, 0) is 22.3 Å². The minimum Gasteiger partial charge on any atom is -0.342 e. The molecule has 2 aromatic heterocycles. The molecule has 3 aromatic rings. The molecule has 5 rings (SSSR count). The van der Waals surface area contributed by atoms with Gasteiger partial charge in [0.1, 0.15) is 18.8 Å². The highest BCUT2D eigenvalue weighted by atomic mass is 19.4. The third-order valence-corrected chi connectivity index (χ3v) is 6.58. The molecular formula is C24H22F5N7O2. The summed E-state index contributed by atoms with van der Waals surface area (Å²) in [6.07, 6.45) is -5.09. The lowest BCUT2D eigenvalue weighted by Gasteiger charge is -2.26. The first kappa shape index (κ1) is 25.7. The molecule has 2 amide bonds. The second-order valence-corrected chi connectivity index (χ2v) is 9.30. The summed E-state index contributed by atoms with van der Waals surface area (Å²) in [5.41, 5.74) is 1.28. The van der Waals surface area contributed by atoms with Gasteiger partial charge in [-0.3, -0.25) is 9.59 Å². The standard InChI is InChI=1S/C24H22F5N7O2/c25-15-10-18(35(11-15)19(37)12-36-23(24(27,28)29)32-33-34-36)22(38)31-20(14-4-2-1-3-5-14)17-9-8-16(13-6-7-13)21(26)30-17/h1-5,8-9,13,15,18,20H,6-7,10-12H2,(H,31,38). The number of rotatable bonds is 7. The van der Waals surface area contributed by atoms with Gasteiger partial charge in [0, 0.05) is 12.0 Å². The van der Waals surface area contributed by atoms with Crippen LogP contribution in [0.4, 0.5) is 22.0 Å². The molecule has 0 bridgehead atoms. The molecule has 1 N–H and O–H groups in total. The molecule has 2 fully saturated rings. The topological polar surface area (TPSA) is 106 Å². The minimum absolute atomic E-state index is 0.124. The molecule has 14 heteroatoms. The number of tetrazole rings is 1. The van der Waals surface area contributed by atoms with Gasteiger partial charge in [-0.2, -0.15) is 17.6 Å². The van der Waals surface area contributed by atoms with Gasteiger partial charge < -0.3 is 10.2 Å². The van der Waals surface area contributed by atoms with Crippen LogP contribution in [0.1, 0.15) is 53.9 Å². The molecule has 38 heavy (non-hydrogen) atoms. The molecular weight excluding hydrogens is 513 g/mol. The highest BCUT2D eigenvalue weighted by molar-refractivity contribution is 5.88. The Balaban J connectivity index is 1.37. The lowest BCUT2D eigenvalue weighted by Crippen LogP contribution is -2.48. The van der Waals surface area contributed by atoms with Crippen LogP contribution in [0.15, 0.2) is 42.5 Å². The van der Waals surface area contributed by atoms with Crippen molar-refractivity contribution in [2.75, 3.05) is 6.54 Å². The molecule has 0 spiro atoms. The van der Waals surface area contributed by atoms with Gasteiger partial charge in [-0.15, -0.1) is 5.10 Å². The molecule has 3 heterocycles. The lowest BCUT2D eigenvalue weighted by atomic mass is 10.0. The summed E-state index contributed by atoms with van der Waals surface area (Å²) in [5, 5.41) is 11.8. The predicted molar refractivity (Wildman–Crippen MR) is 120 cm³/mol. The molecule has 3 unspecified atom stereocenters. The molecule has 9 nitrogen and oxygen atoms in total. The third-order valence-electron chi connectivity index (χ3n) is 6.58. The number of halogens is 5. The fourth-order valence-electron chi connectivity index (χ4n) is 4.57. The Hall–Kier alpha value is -3.97. The van der Waals surface area contributed by atoms with E-state index in [2.05, 4.69) is 25.8 Å². The van der Waals surface area contributed by atoms with Crippen LogP contribution in [-0.4, -0.2) is 60.7 Å². The molecule has 1 saturated heterocycles. The number of carbonyl (C=O) groups excluding carboxylic acids is 2. The Morgan fingerprint density at radius 1 is 1.11 bits per heavy atom. The van der Waals surface area contributed by atoms with Crippen LogP contribution in [0.3, 0.4) is 0 Å². The maximum absolute atomic E-state index is 14.7. The van der Waals surface area contributed by atoms with Crippen molar-refractivity contribution in [3.05, 3.63) is 71.1 Å². The van der Waals surface area contributed by atoms with Crippen LogP contribution < -0.4 is 5.32 Å². The average molecular weight is 535 g/mol. The maximum Gasteiger partial charge on any atom is 0.453 e. The zero-order chi connectivity index (χ0) is 27.0. The molecule has 200 valence electrons. The monoisotopic (exact) mass is 535 g/mol. The van der Waals surface area contributed by atoms with Crippen LogP contribution in [0.5, 0.6) is 0 Å². The number of pyridine rings is 1. The zero-order valence-corrected chi connectivity index (χ0v) is 19.8. The number of alkyl halides is 4. The number of amides is 2. The van der Waals surface area contributed by atoms with Crippen molar-refractivity contribution in [3.8, 4) is 0 Å². The highest BCUT2D eigenvalue weighted by Gasteiger charge is 2.43. The van der Waals surface area contributed by atoms with Crippen LogP contribution in [0.25, 0.3) is 0 Å². The number of likely N-dealkylation sites (tertiary alicyclic amines) is 1. The van der Waals surface area contributed by atoms with E-state index >= 15 is 0 Å². The van der Waals surface area contributed by atoms with Gasteiger partial charge in [0.2, 0.25) is 17.8 Å². The van der Waals surface area contributed by atoms with Crippen molar-refractivity contribution in [2.24, 2.45) is 0 Å². The van der Waals surface area contributed by atoms with Gasteiger partial charge >= 0.3 is 6.18 Å². The van der Waals surface area contributed by atoms with E-state index in [-0.39, 0.29) is 22.7 Å². The molecule has 1 aliphatic heterocycles. The Morgan fingerprint density at radius 3 is 2.50 bits per heavy atom. The average Bonchev–Trinajstić information content (AvgIpc) is 3.46. The number of carbonyl (C=O) groups is 2. The Morgan fingerprint density at radius 2 is 1.84 bits per heavy atom. The van der Waals surface area contributed by atoms with E-state index in [1.165, 1.54) is 0 Å². The van der Waals surface area contributed by atoms with E-state index < -0.39 is 61.1 Å². The zero-order valence-electron chi connectivity index (χ0n) is 19.8. The first-order valence-electron chi connectivity index (χ1n) is 11.9. The molecule has 1 aliphatic carbocycles. The number of benzene rings is 1. The summed E-state index contributed by atoms with van der Waals surface area (Å²) in [7, 11) is 0. The number of hydrogen-bond acceptors (Lipinski definition) is 6. The summed E-state index contributed by atoms with van der Waals surface area (Å²) >= 11 is 0.